The Balaban J connectivity index is 1.41. The second kappa shape index (κ2) is 8.01. The van der Waals surface area contributed by atoms with Crippen molar-refractivity contribution in [2.24, 2.45) is 0 Å². The van der Waals surface area contributed by atoms with Crippen molar-refractivity contribution in [1.29, 1.82) is 0 Å². The highest BCUT2D eigenvalue weighted by atomic mass is 35.5. The summed E-state index contributed by atoms with van der Waals surface area (Å²) in [5.74, 6) is -0.175. The molecule has 0 N–H and O–H groups in total. The van der Waals surface area contributed by atoms with Crippen molar-refractivity contribution < 1.29 is 13.2 Å². The van der Waals surface area contributed by atoms with E-state index < -0.39 is 10.0 Å². The Morgan fingerprint density at radius 3 is 2.58 bits per heavy atom. The fraction of sp³-hybridized carbons (Fsp3) is 0.625. The van der Waals surface area contributed by atoms with Gasteiger partial charge in [0.1, 0.15) is 0 Å². The van der Waals surface area contributed by atoms with E-state index in [0.29, 0.717) is 19.7 Å². The van der Waals surface area contributed by atoms with Gasteiger partial charge in [-0.15, -0.1) is 0 Å². The maximum atomic E-state index is 11.9. The topological polar surface area (TPSA) is 53.1 Å². The van der Waals surface area contributed by atoms with Crippen LogP contribution < -0.4 is 4.90 Å². The molecule has 2 saturated heterocycles. The van der Waals surface area contributed by atoms with Crippen molar-refractivity contribution >= 4 is 27.3 Å². The standard InChI is InChI=1S/C16H24ClN3O3S/c17-15-3-1-4-16(13-15)19-9-7-18(8-10-19)5-2-6-20-11-12-23-14-24(20,21)22/h1,3-4,13H,2,5-12,14H2. The summed E-state index contributed by atoms with van der Waals surface area (Å²) in [5.41, 5.74) is 1.17. The van der Waals surface area contributed by atoms with E-state index in [9.17, 15) is 8.42 Å². The molecule has 0 saturated carbocycles. The van der Waals surface area contributed by atoms with Crippen molar-refractivity contribution in [3.8, 4) is 0 Å². The summed E-state index contributed by atoms with van der Waals surface area (Å²) in [6.45, 7) is 6.40. The minimum absolute atomic E-state index is 0.175. The van der Waals surface area contributed by atoms with E-state index in [1.54, 1.807) is 4.31 Å². The minimum atomic E-state index is -3.20. The third kappa shape index (κ3) is 4.61. The Morgan fingerprint density at radius 1 is 1.08 bits per heavy atom. The third-order valence-electron chi connectivity index (χ3n) is 4.54. The van der Waals surface area contributed by atoms with Gasteiger partial charge in [0, 0.05) is 50.0 Å². The van der Waals surface area contributed by atoms with Gasteiger partial charge in [-0.1, -0.05) is 17.7 Å². The van der Waals surface area contributed by atoms with Crippen LogP contribution in [0, 0.1) is 0 Å². The number of hydrogen-bond donors (Lipinski definition) is 0. The number of nitrogens with zero attached hydrogens (tertiary/aromatic N) is 3. The number of hydrogen-bond acceptors (Lipinski definition) is 5. The Kier molecular flexibility index (Phi) is 5.99. The molecule has 2 fully saturated rings. The van der Waals surface area contributed by atoms with Gasteiger partial charge in [0.05, 0.1) is 6.61 Å². The van der Waals surface area contributed by atoms with E-state index in [4.69, 9.17) is 16.3 Å². The molecular weight excluding hydrogens is 350 g/mol. The first kappa shape index (κ1) is 17.9. The van der Waals surface area contributed by atoms with Crippen molar-refractivity contribution in [1.82, 2.24) is 9.21 Å². The number of anilines is 1. The fourth-order valence-corrected chi connectivity index (χ4v) is 4.59. The molecule has 2 heterocycles. The van der Waals surface area contributed by atoms with Crippen LogP contribution in [0.1, 0.15) is 6.42 Å². The van der Waals surface area contributed by atoms with Crippen LogP contribution in [0.15, 0.2) is 24.3 Å². The summed E-state index contributed by atoms with van der Waals surface area (Å²) >= 11 is 6.06. The third-order valence-corrected chi connectivity index (χ3v) is 6.39. The van der Waals surface area contributed by atoms with E-state index in [1.807, 2.05) is 18.2 Å². The Labute approximate surface area is 149 Å². The molecule has 8 heteroatoms. The zero-order chi connectivity index (χ0) is 17.0. The molecule has 2 aliphatic rings. The van der Waals surface area contributed by atoms with Crippen LogP contribution in [0.3, 0.4) is 0 Å². The van der Waals surface area contributed by atoms with Crippen LogP contribution in [0.4, 0.5) is 5.69 Å². The van der Waals surface area contributed by atoms with E-state index in [1.165, 1.54) is 5.69 Å². The van der Waals surface area contributed by atoms with Crippen LogP contribution >= 0.6 is 11.6 Å². The molecule has 6 nitrogen and oxygen atoms in total. The van der Waals surface area contributed by atoms with Crippen LogP contribution in [0.5, 0.6) is 0 Å². The maximum Gasteiger partial charge on any atom is 0.238 e. The quantitative estimate of drug-likeness (QED) is 0.782. The lowest BCUT2D eigenvalue weighted by molar-refractivity contribution is 0.130. The number of rotatable bonds is 5. The zero-order valence-electron chi connectivity index (χ0n) is 13.7. The predicted octanol–water partition coefficient (Wildman–Crippen LogP) is 1.47. The Hall–Kier alpha value is -0.860. The van der Waals surface area contributed by atoms with Crippen molar-refractivity contribution in [3.63, 3.8) is 0 Å². The highest BCUT2D eigenvalue weighted by Crippen LogP contribution is 2.20. The average Bonchev–Trinajstić information content (AvgIpc) is 2.57. The van der Waals surface area contributed by atoms with Gasteiger partial charge in [-0.2, -0.15) is 4.31 Å². The molecule has 0 radical (unpaired) electrons. The molecule has 2 aliphatic heterocycles. The van der Waals surface area contributed by atoms with Crippen LogP contribution in [0.2, 0.25) is 5.02 Å². The molecule has 0 atom stereocenters. The molecule has 134 valence electrons. The Bertz CT molecular complexity index is 648. The molecule has 0 aromatic heterocycles. The number of halogens is 1. The summed E-state index contributed by atoms with van der Waals surface area (Å²) in [7, 11) is -3.20. The summed E-state index contributed by atoms with van der Waals surface area (Å²) < 4.78 is 30.3. The minimum Gasteiger partial charge on any atom is -0.369 e. The lowest BCUT2D eigenvalue weighted by Crippen LogP contribution is -2.47. The highest BCUT2D eigenvalue weighted by molar-refractivity contribution is 7.88. The van der Waals surface area contributed by atoms with Gasteiger partial charge in [0.15, 0.2) is 5.94 Å². The number of benzene rings is 1. The maximum absolute atomic E-state index is 11.9. The fourth-order valence-electron chi connectivity index (χ4n) is 3.17. The zero-order valence-corrected chi connectivity index (χ0v) is 15.3. The van der Waals surface area contributed by atoms with Crippen LogP contribution in [-0.4, -0.2) is 76.0 Å². The largest absolute Gasteiger partial charge is 0.369 e. The van der Waals surface area contributed by atoms with E-state index in [-0.39, 0.29) is 5.94 Å². The van der Waals surface area contributed by atoms with Gasteiger partial charge < -0.3 is 9.64 Å². The van der Waals surface area contributed by atoms with E-state index in [2.05, 4.69) is 15.9 Å². The molecule has 0 spiro atoms. The lowest BCUT2D eigenvalue weighted by Gasteiger charge is -2.36. The molecule has 0 amide bonds. The number of ether oxygens (including phenoxy) is 1. The second-order valence-corrected chi connectivity index (χ2v) is 8.55. The second-order valence-electron chi connectivity index (χ2n) is 6.20. The average molecular weight is 374 g/mol. The molecule has 0 unspecified atom stereocenters. The van der Waals surface area contributed by atoms with Crippen molar-refractivity contribution in [2.75, 3.05) is 63.3 Å². The van der Waals surface area contributed by atoms with Crippen molar-refractivity contribution in [3.05, 3.63) is 29.3 Å². The summed E-state index contributed by atoms with van der Waals surface area (Å²) in [6.07, 6.45) is 0.858. The summed E-state index contributed by atoms with van der Waals surface area (Å²) in [5, 5.41) is 0.765. The molecule has 24 heavy (non-hydrogen) atoms. The van der Waals surface area contributed by atoms with Gasteiger partial charge in [-0.3, -0.25) is 4.90 Å². The Morgan fingerprint density at radius 2 is 1.88 bits per heavy atom. The van der Waals surface area contributed by atoms with Gasteiger partial charge in [0.2, 0.25) is 10.0 Å². The van der Waals surface area contributed by atoms with Gasteiger partial charge in [-0.25, -0.2) is 8.42 Å². The smallest absolute Gasteiger partial charge is 0.238 e. The number of sulfonamides is 1. The number of piperazine rings is 1. The first-order valence-electron chi connectivity index (χ1n) is 8.33. The van der Waals surface area contributed by atoms with Gasteiger partial charge >= 0.3 is 0 Å². The van der Waals surface area contributed by atoms with Crippen molar-refractivity contribution in [2.45, 2.75) is 6.42 Å². The molecule has 1 aromatic rings. The predicted molar refractivity (Wildman–Crippen MR) is 96.0 cm³/mol. The van der Waals surface area contributed by atoms with E-state index >= 15 is 0 Å². The normalized spacial score (nSPS) is 22.6. The van der Waals surface area contributed by atoms with Crippen LogP contribution in [-0.2, 0) is 14.8 Å². The molecule has 0 aliphatic carbocycles. The highest BCUT2D eigenvalue weighted by Gasteiger charge is 2.26. The first-order chi connectivity index (χ1) is 11.5. The first-order valence-corrected chi connectivity index (χ1v) is 10.3. The van der Waals surface area contributed by atoms with Crippen LogP contribution in [0.25, 0.3) is 0 Å². The van der Waals surface area contributed by atoms with Gasteiger partial charge in [0.25, 0.3) is 0 Å². The molecular formula is C16H24ClN3O3S. The molecule has 3 rings (SSSR count). The van der Waals surface area contributed by atoms with E-state index in [0.717, 1.165) is 44.2 Å². The summed E-state index contributed by atoms with van der Waals surface area (Å²) in [6, 6.07) is 7.96. The van der Waals surface area contributed by atoms with Gasteiger partial charge in [-0.05, 0) is 31.2 Å². The molecule has 1 aromatic carbocycles. The monoisotopic (exact) mass is 373 g/mol. The summed E-state index contributed by atoms with van der Waals surface area (Å²) in [4.78, 5) is 4.74. The lowest BCUT2D eigenvalue weighted by atomic mass is 10.2. The SMILES string of the molecule is O=S1(=O)COCCN1CCCN1CCN(c2cccc(Cl)c2)CC1. The molecule has 0 bridgehead atoms.